The van der Waals surface area contributed by atoms with Crippen molar-refractivity contribution >= 4 is 23.2 Å². The van der Waals surface area contributed by atoms with Gasteiger partial charge in [0.25, 0.3) is 11.6 Å². The molecule has 0 radical (unpaired) electrons. The minimum atomic E-state index is -0.503. The average Bonchev–Trinajstić information content (AvgIpc) is 2.42. The van der Waals surface area contributed by atoms with Gasteiger partial charge < -0.3 is 4.90 Å². The highest BCUT2D eigenvalue weighted by molar-refractivity contribution is 6.17. The van der Waals surface area contributed by atoms with Gasteiger partial charge >= 0.3 is 0 Å². The molecule has 1 aromatic carbocycles. The van der Waals surface area contributed by atoms with Crippen LogP contribution in [-0.4, -0.2) is 35.2 Å². The molecule has 104 valence electrons. The number of halogens is 1. The zero-order valence-electron chi connectivity index (χ0n) is 10.8. The summed E-state index contributed by atoms with van der Waals surface area (Å²) in [7, 11) is 1.70. The number of carbonyl (C=O) groups excluding carboxylic acids is 1. The van der Waals surface area contributed by atoms with Crippen molar-refractivity contribution in [2.24, 2.45) is 0 Å². The molecule has 0 aliphatic heterocycles. The number of nitro benzene ring substituents is 1. The van der Waals surface area contributed by atoms with Crippen LogP contribution in [0, 0.1) is 10.1 Å². The van der Waals surface area contributed by atoms with E-state index in [9.17, 15) is 14.9 Å². The topological polar surface area (TPSA) is 63.5 Å². The molecule has 0 aliphatic rings. The minimum absolute atomic E-state index is 0.0682. The molecule has 0 fully saturated rings. The summed E-state index contributed by atoms with van der Waals surface area (Å²) in [6.07, 6.45) is 2.78. The second kappa shape index (κ2) is 7.74. The van der Waals surface area contributed by atoms with Crippen molar-refractivity contribution in [1.82, 2.24) is 4.90 Å². The van der Waals surface area contributed by atoms with Crippen LogP contribution in [-0.2, 0) is 0 Å². The summed E-state index contributed by atoms with van der Waals surface area (Å²) in [6.45, 7) is 0.623. The van der Waals surface area contributed by atoms with Crippen molar-refractivity contribution in [1.29, 1.82) is 0 Å². The highest BCUT2D eigenvalue weighted by Crippen LogP contribution is 2.14. The normalized spacial score (nSPS) is 10.2. The molecule has 0 heterocycles. The van der Waals surface area contributed by atoms with E-state index < -0.39 is 4.92 Å². The Kier molecular flexibility index (Phi) is 6.29. The Morgan fingerprint density at radius 1 is 1.37 bits per heavy atom. The maximum Gasteiger partial charge on any atom is 0.270 e. The Morgan fingerprint density at radius 3 is 2.74 bits per heavy atom. The third-order valence-corrected chi connectivity index (χ3v) is 3.05. The van der Waals surface area contributed by atoms with Crippen molar-refractivity contribution in [2.45, 2.75) is 19.3 Å². The molecule has 0 atom stereocenters. The van der Waals surface area contributed by atoms with Gasteiger partial charge in [-0.15, -0.1) is 11.6 Å². The van der Waals surface area contributed by atoms with Crippen LogP contribution in [0.25, 0.3) is 0 Å². The van der Waals surface area contributed by atoms with E-state index in [0.29, 0.717) is 18.0 Å². The van der Waals surface area contributed by atoms with Crippen LogP contribution in [0.15, 0.2) is 24.3 Å². The molecule has 0 aromatic heterocycles. The maximum atomic E-state index is 12.1. The number of unbranched alkanes of at least 4 members (excludes halogenated alkanes) is 2. The van der Waals surface area contributed by atoms with Gasteiger partial charge in [-0.05, 0) is 18.9 Å². The van der Waals surface area contributed by atoms with E-state index in [-0.39, 0.29) is 11.6 Å². The number of benzene rings is 1. The van der Waals surface area contributed by atoms with E-state index in [2.05, 4.69) is 0 Å². The third kappa shape index (κ3) is 4.87. The first kappa shape index (κ1) is 15.4. The van der Waals surface area contributed by atoms with Crippen LogP contribution in [0.3, 0.4) is 0 Å². The fourth-order valence-corrected chi connectivity index (χ4v) is 1.88. The van der Waals surface area contributed by atoms with Gasteiger partial charge in [-0.25, -0.2) is 0 Å². The second-order valence-corrected chi connectivity index (χ2v) is 4.66. The van der Waals surface area contributed by atoms with Crippen LogP contribution in [0.4, 0.5) is 5.69 Å². The second-order valence-electron chi connectivity index (χ2n) is 4.28. The largest absolute Gasteiger partial charge is 0.342 e. The molecule has 0 spiro atoms. The zero-order chi connectivity index (χ0) is 14.3. The highest BCUT2D eigenvalue weighted by atomic mass is 35.5. The first-order valence-corrected chi connectivity index (χ1v) is 6.65. The van der Waals surface area contributed by atoms with Crippen molar-refractivity contribution in [3.8, 4) is 0 Å². The molecule has 0 aliphatic carbocycles. The van der Waals surface area contributed by atoms with Gasteiger partial charge in [0.05, 0.1) is 4.92 Å². The highest BCUT2D eigenvalue weighted by Gasteiger charge is 2.14. The summed E-state index contributed by atoms with van der Waals surface area (Å²) in [5.41, 5.74) is 0.274. The van der Waals surface area contributed by atoms with E-state index in [0.717, 1.165) is 19.3 Å². The molecule has 6 heteroatoms. The Morgan fingerprint density at radius 2 is 2.11 bits per heavy atom. The van der Waals surface area contributed by atoms with Gasteiger partial charge in [0.15, 0.2) is 0 Å². The molecule has 1 amide bonds. The lowest BCUT2D eigenvalue weighted by Gasteiger charge is -2.16. The molecule has 0 N–H and O–H groups in total. The van der Waals surface area contributed by atoms with Gasteiger partial charge in [0.1, 0.15) is 0 Å². The molecule has 0 saturated heterocycles. The SMILES string of the molecule is CN(CCCCCCl)C(=O)c1cccc([N+](=O)[O-])c1. The fourth-order valence-electron chi connectivity index (χ4n) is 1.69. The maximum absolute atomic E-state index is 12.1. The molecule has 1 aromatic rings. The van der Waals surface area contributed by atoms with Crippen molar-refractivity contribution in [3.05, 3.63) is 39.9 Å². The molecule has 5 nitrogen and oxygen atoms in total. The number of nitro groups is 1. The quantitative estimate of drug-likeness (QED) is 0.334. The number of nitrogens with zero attached hydrogens (tertiary/aromatic N) is 2. The summed E-state index contributed by atoms with van der Waals surface area (Å²) in [4.78, 5) is 23.8. The number of hydrogen-bond donors (Lipinski definition) is 0. The van der Waals surface area contributed by atoms with Crippen LogP contribution >= 0.6 is 11.6 Å². The van der Waals surface area contributed by atoms with E-state index in [1.54, 1.807) is 18.0 Å². The fraction of sp³-hybridized carbons (Fsp3) is 0.462. The van der Waals surface area contributed by atoms with Crippen LogP contribution in [0.2, 0.25) is 0 Å². The summed E-state index contributed by atoms with van der Waals surface area (Å²) < 4.78 is 0. The lowest BCUT2D eigenvalue weighted by molar-refractivity contribution is -0.384. The van der Waals surface area contributed by atoms with Gasteiger partial charge in [0, 0.05) is 37.2 Å². The number of alkyl halides is 1. The lowest BCUT2D eigenvalue weighted by atomic mass is 10.1. The van der Waals surface area contributed by atoms with Crippen molar-refractivity contribution < 1.29 is 9.72 Å². The van der Waals surface area contributed by atoms with Gasteiger partial charge in [-0.1, -0.05) is 12.5 Å². The van der Waals surface area contributed by atoms with Crippen LogP contribution < -0.4 is 0 Å². The van der Waals surface area contributed by atoms with Gasteiger partial charge in [0.2, 0.25) is 0 Å². The molecular formula is C13H17ClN2O3. The number of rotatable bonds is 7. The van der Waals surface area contributed by atoms with Crippen molar-refractivity contribution in [2.75, 3.05) is 19.5 Å². The Balaban J connectivity index is 2.61. The summed E-state index contributed by atoms with van der Waals surface area (Å²) in [5.74, 6) is 0.428. The van der Waals surface area contributed by atoms with E-state index >= 15 is 0 Å². The third-order valence-electron chi connectivity index (χ3n) is 2.78. The lowest BCUT2D eigenvalue weighted by Crippen LogP contribution is -2.27. The van der Waals surface area contributed by atoms with Crippen LogP contribution in [0.5, 0.6) is 0 Å². The Labute approximate surface area is 117 Å². The number of amides is 1. The molecule has 0 saturated carbocycles. The monoisotopic (exact) mass is 284 g/mol. The van der Waals surface area contributed by atoms with Gasteiger partial charge in [-0.3, -0.25) is 14.9 Å². The van der Waals surface area contributed by atoms with Crippen molar-refractivity contribution in [3.63, 3.8) is 0 Å². The summed E-state index contributed by atoms with van der Waals surface area (Å²) in [6, 6.07) is 5.78. The molecule has 0 unspecified atom stereocenters. The molecule has 0 bridgehead atoms. The predicted octanol–water partition coefficient (Wildman–Crippen LogP) is 3.08. The number of non-ortho nitro benzene ring substituents is 1. The molecule has 19 heavy (non-hydrogen) atoms. The van der Waals surface area contributed by atoms with E-state index in [4.69, 9.17) is 11.6 Å². The molecular weight excluding hydrogens is 268 g/mol. The summed E-state index contributed by atoms with van der Waals surface area (Å²) in [5, 5.41) is 10.7. The van der Waals surface area contributed by atoms with E-state index in [1.807, 2.05) is 0 Å². The zero-order valence-corrected chi connectivity index (χ0v) is 11.6. The minimum Gasteiger partial charge on any atom is -0.342 e. The predicted molar refractivity (Wildman–Crippen MR) is 74.6 cm³/mol. The van der Waals surface area contributed by atoms with Crippen LogP contribution in [0.1, 0.15) is 29.6 Å². The Bertz CT molecular complexity index is 451. The van der Waals surface area contributed by atoms with Gasteiger partial charge in [-0.2, -0.15) is 0 Å². The first-order valence-electron chi connectivity index (χ1n) is 6.12. The Hall–Kier alpha value is -1.62. The number of hydrogen-bond acceptors (Lipinski definition) is 3. The smallest absolute Gasteiger partial charge is 0.270 e. The average molecular weight is 285 g/mol. The van der Waals surface area contributed by atoms with E-state index in [1.165, 1.54) is 18.2 Å². The standard InChI is InChI=1S/C13H17ClN2O3/c1-15(9-4-2-3-8-14)13(17)11-6-5-7-12(10-11)16(18)19/h5-7,10H,2-4,8-9H2,1H3. The first-order chi connectivity index (χ1) is 9.06. The molecule has 1 rings (SSSR count). The number of carbonyl (C=O) groups is 1. The summed E-state index contributed by atoms with van der Waals surface area (Å²) >= 11 is 5.58.